The maximum Gasteiger partial charge on any atom is 0.251 e. The number of halogens is 1. The average molecular weight is 310 g/mol. The first-order chi connectivity index (χ1) is 8.70. The van der Waals surface area contributed by atoms with Gasteiger partial charge in [0, 0.05) is 16.1 Å². The molecule has 1 amide bonds. The third kappa shape index (κ3) is 3.35. The fourth-order valence-corrected chi connectivity index (χ4v) is 2.99. The van der Waals surface area contributed by atoms with E-state index in [4.69, 9.17) is 0 Å². The lowest BCUT2D eigenvalue weighted by Gasteiger charge is -2.23. The molecule has 1 fully saturated rings. The van der Waals surface area contributed by atoms with Crippen molar-refractivity contribution in [3.63, 3.8) is 0 Å². The van der Waals surface area contributed by atoms with Crippen LogP contribution in [0.5, 0.6) is 0 Å². The summed E-state index contributed by atoms with van der Waals surface area (Å²) in [5, 5.41) is 3.18. The molecule has 2 rings (SSSR count). The Morgan fingerprint density at radius 3 is 2.72 bits per heavy atom. The molecule has 0 radical (unpaired) electrons. The Labute approximate surface area is 117 Å². The van der Waals surface area contributed by atoms with Crippen LogP contribution in [-0.4, -0.2) is 11.9 Å². The fourth-order valence-electron chi connectivity index (χ4n) is 2.59. The lowest BCUT2D eigenvalue weighted by Crippen LogP contribution is -2.36. The van der Waals surface area contributed by atoms with Crippen LogP contribution >= 0.6 is 15.9 Å². The van der Waals surface area contributed by atoms with Gasteiger partial charge in [-0.25, -0.2) is 0 Å². The van der Waals surface area contributed by atoms with Crippen molar-refractivity contribution in [2.45, 2.75) is 51.5 Å². The molecule has 0 saturated heterocycles. The highest BCUT2D eigenvalue weighted by atomic mass is 79.9. The van der Waals surface area contributed by atoms with Crippen molar-refractivity contribution in [2.24, 2.45) is 0 Å². The lowest BCUT2D eigenvalue weighted by atomic mass is 9.95. The normalized spacial score (nSPS) is 16.6. The predicted octanol–water partition coefficient (Wildman–Crippen LogP) is 4.07. The number of benzene rings is 1. The number of carbonyl (C=O) groups excluding carboxylic acids is 1. The molecule has 0 atom stereocenters. The Balaban J connectivity index is 2.08. The van der Waals surface area contributed by atoms with E-state index in [9.17, 15) is 4.79 Å². The van der Waals surface area contributed by atoms with Gasteiger partial charge >= 0.3 is 0 Å². The van der Waals surface area contributed by atoms with E-state index in [0.29, 0.717) is 6.04 Å². The van der Waals surface area contributed by atoms with Crippen LogP contribution in [0.25, 0.3) is 0 Å². The van der Waals surface area contributed by atoms with E-state index < -0.39 is 0 Å². The molecular formula is C15H20BrNO. The predicted molar refractivity (Wildman–Crippen MR) is 77.9 cm³/mol. The molecule has 0 unspecified atom stereocenters. The first kappa shape index (κ1) is 13.6. The van der Waals surface area contributed by atoms with E-state index in [2.05, 4.69) is 28.2 Å². The number of amides is 1. The van der Waals surface area contributed by atoms with Crippen molar-refractivity contribution in [1.29, 1.82) is 0 Å². The number of rotatable bonds is 3. The van der Waals surface area contributed by atoms with Gasteiger partial charge in [0.1, 0.15) is 0 Å². The summed E-state index contributed by atoms with van der Waals surface area (Å²) >= 11 is 3.45. The van der Waals surface area contributed by atoms with Crippen LogP contribution < -0.4 is 5.32 Å². The molecule has 0 spiro atoms. The van der Waals surface area contributed by atoms with Crippen LogP contribution in [0, 0.1) is 0 Å². The molecule has 0 aromatic heterocycles. The maximum absolute atomic E-state index is 12.3. The van der Waals surface area contributed by atoms with Crippen molar-refractivity contribution in [3.8, 4) is 0 Å². The second-order valence-corrected chi connectivity index (χ2v) is 5.88. The molecule has 1 aromatic rings. The van der Waals surface area contributed by atoms with E-state index in [1.807, 2.05) is 18.2 Å². The third-order valence-electron chi connectivity index (χ3n) is 3.63. The SMILES string of the molecule is CCc1cc(Br)ccc1C(=O)NC1CCCCC1. The van der Waals surface area contributed by atoms with E-state index >= 15 is 0 Å². The largest absolute Gasteiger partial charge is 0.349 e. The summed E-state index contributed by atoms with van der Waals surface area (Å²) in [6.45, 7) is 2.08. The quantitative estimate of drug-likeness (QED) is 0.895. The molecule has 1 N–H and O–H groups in total. The zero-order valence-corrected chi connectivity index (χ0v) is 12.4. The summed E-state index contributed by atoms with van der Waals surface area (Å²) in [5.74, 6) is 0.0891. The van der Waals surface area contributed by atoms with Crippen molar-refractivity contribution in [3.05, 3.63) is 33.8 Å². The molecule has 2 nitrogen and oxygen atoms in total. The maximum atomic E-state index is 12.3. The number of carbonyl (C=O) groups is 1. The summed E-state index contributed by atoms with van der Waals surface area (Å²) in [6, 6.07) is 6.27. The van der Waals surface area contributed by atoms with Gasteiger partial charge in [0.05, 0.1) is 0 Å². The van der Waals surface area contributed by atoms with Gasteiger partial charge in [-0.15, -0.1) is 0 Å². The van der Waals surface area contributed by atoms with E-state index in [0.717, 1.165) is 34.9 Å². The van der Waals surface area contributed by atoms with E-state index in [-0.39, 0.29) is 5.91 Å². The first-order valence-corrected chi connectivity index (χ1v) is 7.59. The molecule has 98 valence electrons. The topological polar surface area (TPSA) is 29.1 Å². The van der Waals surface area contributed by atoms with Crippen LogP contribution in [0.3, 0.4) is 0 Å². The zero-order chi connectivity index (χ0) is 13.0. The van der Waals surface area contributed by atoms with Crippen molar-refractivity contribution >= 4 is 21.8 Å². The van der Waals surface area contributed by atoms with Crippen LogP contribution in [0.1, 0.15) is 54.9 Å². The van der Waals surface area contributed by atoms with Crippen LogP contribution in [0.4, 0.5) is 0 Å². The van der Waals surface area contributed by atoms with Crippen molar-refractivity contribution in [1.82, 2.24) is 5.32 Å². The fraction of sp³-hybridized carbons (Fsp3) is 0.533. The monoisotopic (exact) mass is 309 g/mol. The summed E-state index contributed by atoms with van der Waals surface area (Å²) in [5.41, 5.74) is 1.93. The Morgan fingerprint density at radius 2 is 2.06 bits per heavy atom. The smallest absolute Gasteiger partial charge is 0.251 e. The van der Waals surface area contributed by atoms with E-state index in [1.165, 1.54) is 19.3 Å². The minimum absolute atomic E-state index is 0.0891. The second-order valence-electron chi connectivity index (χ2n) is 4.96. The summed E-state index contributed by atoms with van der Waals surface area (Å²) in [6.07, 6.45) is 6.93. The van der Waals surface area contributed by atoms with Crippen molar-refractivity contribution < 1.29 is 4.79 Å². The summed E-state index contributed by atoms with van der Waals surface area (Å²) in [4.78, 5) is 12.3. The van der Waals surface area contributed by atoms with Gasteiger partial charge in [0.25, 0.3) is 5.91 Å². The summed E-state index contributed by atoms with van der Waals surface area (Å²) in [7, 11) is 0. The highest BCUT2D eigenvalue weighted by Gasteiger charge is 2.18. The minimum Gasteiger partial charge on any atom is -0.349 e. The van der Waals surface area contributed by atoms with Gasteiger partial charge in [-0.3, -0.25) is 4.79 Å². The highest BCUT2D eigenvalue weighted by molar-refractivity contribution is 9.10. The Kier molecular flexibility index (Phi) is 4.81. The van der Waals surface area contributed by atoms with Crippen LogP contribution in [-0.2, 0) is 6.42 Å². The number of hydrogen-bond donors (Lipinski definition) is 1. The van der Waals surface area contributed by atoms with Crippen molar-refractivity contribution in [2.75, 3.05) is 0 Å². The standard InChI is InChI=1S/C15H20BrNO/c1-2-11-10-12(16)8-9-14(11)15(18)17-13-6-4-3-5-7-13/h8-10,13H,2-7H2,1H3,(H,17,18). The molecule has 3 heteroatoms. The van der Waals surface area contributed by atoms with Crippen LogP contribution in [0.2, 0.25) is 0 Å². The highest BCUT2D eigenvalue weighted by Crippen LogP contribution is 2.20. The van der Waals surface area contributed by atoms with Gasteiger partial charge in [0.2, 0.25) is 0 Å². The second kappa shape index (κ2) is 6.37. The van der Waals surface area contributed by atoms with Gasteiger partial charge in [-0.1, -0.05) is 42.1 Å². The Bertz CT molecular complexity index is 425. The van der Waals surface area contributed by atoms with Gasteiger partial charge in [-0.2, -0.15) is 0 Å². The Hall–Kier alpha value is -0.830. The Morgan fingerprint density at radius 1 is 1.33 bits per heavy atom. The molecule has 18 heavy (non-hydrogen) atoms. The van der Waals surface area contributed by atoms with Gasteiger partial charge in [0.15, 0.2) is 0 Å². The average Bonchev–Trinajstić information content (AvgIpc) is 2.39. The molecule has 0 bridgehead atoms. The number of aryl methyl sites for hydroxylation is 1. The number of nitrogens with one attached hydrogen (secondary N) is 1. The van der Waals surface area contributed by atoms with E-state index in [1.54, 1.807) is 0 Å². The molecule has 1 aliphatic rings. The molecule has 0 aliphatic heterocycles. The third-order valence-corrected chi connectivity index (χ3v) is 4.13. The summed E-state index contributed by atoms with van der Waals surface area (Å²) < 4.78 is 1.04. The molecule has 0 heterocycles. The number of hydrogen-bond acceptors (Lipinski definition) is 1. The van der Waals surface area contributed by atoms with Gasteiger partial charge in [-0.05, 0) is 43.0 Å². The van der Waals surface area contributed by atoms with Gasteiger partial charge < -0.3 is 5.32 Å². The first-order valence-electron chi connectivity index (χ1n) is 6.80. The molecule has 1 aromatic carbocycles. The molecule has 1 saturated carbocycles. The molecular weight excluding hydrogens is 290 g/mol. The minimum atomic E-state index is 0.0891. The zero-order valence-electron chi connectivity index (χ0n) is 10.8. The molecule has 1 aliphatic carbocycles. The lowest BCUT2D eigenvalue weighted by molar-refractivity contribution is 0.0927. The van der Waals surface area contributed by atoms with Crippen LogP contribution in [0.15, 0.2) is 22.7 Å².